The van der Waals surface area contributed by atoms with Crippen LogP contribution in [-0.2, 0) is 9.63 Å². The van der Waals surface area contributed by atoms with Crippen LogP contribution in [0.25, 0.3) is 0 Å². The maximum atomic E-state index is 10.2. The molecule has 0 saturated carbocycles. The van der Waals surface area contributed by atoms with E-state index in [1.165, 1.54) is 13.1 Å². The van der Waals surface area contributed by atoms with Crippen LogP contribution in [0.15, 0.2) is 23.5 Å². The fourth-order valence-corrected chi connectivity index (χ4v) is 0.582. The van der Waals surface area contributed by atoms with E-state index in [0.29, 0.717) is 0 Å². The lowest BCUT2D eigenvalue weighted by atomic mass is 10.5. The van der Waals surface area contributed by atoms with Crippen molar-refractivity contribution in [1.82, 2.24) is 4.98 Å². The van der Waals surface area contributed by atoms with Crippen molar-refractivity contribution in [3.63, 3.8) is 0 Å². The summed E-state index contributed by atoms with van der Waals surface area (Å²) in [6.45, 7) is 1.30. The van der Waals surface area contributed by atoms with E-state index in [0.717, 1.165) is 5.69 Å². The molecule has 4 nitrogen and oxygen atoms in total. The molecule has 1 rings (SSSR count). The molecule has 0 bridgehead atoms. The molecule has 58 valence electrons. The van der Waals surface area contributed by atoms with Crippen molar-refractivity contribution in [3.05, 3.63) is 24.0 Å². The highest BCUT2D eigenvalue weighted by molar-refractivity contribution is 5.77. The molecule has 1 aromatic rings. The number of rotatable bonds is 2. The van der Waals surface area contributed by atoms with E-state index in [-0.39, 0.29) is 0 Å². The smallest absolute Gasteiger partial charge is 0.331 e. The molecule has 1 N–H and O–H groups in total. The van der Waals surface area contributed by atoms with Crippen LogP contribution in [0.4, 0.5) is 0 Å². The minimum atomic E-state index is -0.423. The second-order valence-electron chi connectivity index (χ2n) is 1.94. The topological polar surface area (TPSA) is 54.4 Å². The zero-order valence-corrected chi connectivity index (χ0v) is 6.07. The zero-order chi connectivity index (χ0) is 8.10. The summed E-state index contributed by atoms with van der Waals surface area (Å²) >= 11 is 0. The molecule has 0 atom stereocenters. The number of hydrogen-bond acceptors (Lipinski definition) is 3. The molecule has 1 aromatic heterocycles. The predicted molar refractivity (Wildman–Crippen MR) is 40.2 cm³/mol. The van der Waals surface area contributed by atoms with Crippen LogP contribution in [0.1, 0.15) is 12.6 Å². The van der Waals surface area contributed by atoms with Crippen LogP contribution in [0.3, 0.4) is 0 Å². The second-order valence-corrected chi connectivity index (χ2v) is 1.94. The summed E-state index contributed by atoms with van der Waals surface area (Å²) in [4.78, 5) is 17.4. The van der Waals surface area contributed by atoms with Gasteiger partial charge in [0.05, 0.1) is 11.9 Å². The van der Waals surface area contributed by atoms with Crippen LogP contribution in [-0.4, -0.2) is 17.2 Å². The standard InChI is InChI=1S/C7H8N2O2/c1-6(10)11-9-5-7-3-2-4-8-7/h2-5,8H,1H3/b9-5+. The van der Waals surface area contributed by atoms with Crippen molar-refractivity contribution in [3.8, 4) is 0 Å². The van der Waals surface area contributed by atoms with E-state index in [1.54, 1.807) is 6.20 Å². The van der Waals surface area contributed by atoms with Crippen molar-refractivity contribution in [1.29, 1.82) is 0 Å². The fraction of sp³-hybridized carbons (Fsp3) is 0.143. The molecule has 4 heteroatoms. The summed E-state index contributed by atoms with van der Waals surface area (Å²) in [5.74, 6) is -0.423. The second kappa shape index (κ2) is 3.55. The van der Waals surface area contributed by atoms with Crippen LogP contribution < -0.4 is 0 Å². The van der Waals surface area contributed by atoms with Gasteiger partial charge in [0.25, 0.3) is 0 Å². The Morgan fingerprint density at radius 3 is 3.18 bits per heavy atom. The molecular weight excluding hydrogens is 144 g/mol. The molecule has 0 saturated heterocycles. The van der Waals surface area contributed by atoms with Crippen molar-refractivity contribution in [2.75, 3.05) is 0 Å². The van der Waals surface area contributed by atoms with Gasteiger partial charge in [0, 0.05) is 13.1 Å². The van der Waals surface area contributed by atoms with Gasteiger partial charge in [-0.15, -0.1) is 0 Å². The zero-order valence-electron chi connectivity index (χ0n) is 6.07. The van der Waals surface area contributed by atoms with Gasteiger partial charge in [-0.3, -0.25) is 0 Å². The Hall–Kier alpha value is -1.58. The maximum Gasteiger partial charge on any atom is 0.331 e. The molecule has 11 heavy (non-hydrogen) atoms. The highest BCUT2D eigenvalue weighted by atomic mass is 16.7. The Morgan fingerprint density at radius 2 is 2.64 bits per heavy atom. The van der Waals surface area contributed by atoms with E-state index >= 15 is 0 Å². The Balaban J connectivity index is 2.43. The van der Waals surface area contributed by atoms with Gasteiger partial charge in [0.15, 0.2) is 0 Å². The van der Waals surface area contributed by atoms with Gasteiger partial charge < -0.3 is 9.82 Å². The molecule has 0 aliphatic rings. The lowest BCUT2D eigenvalue weighted by Gasteiger charge is -1.86. The Morgan fingerprint density at radius 1 is 1.82 bits per heavy atom. The third kappa shape index (κ3) is 2.66. The first-order valence-electron chi connectivity index (χ1n) is 3.13. The summed E-state index contributed by atoms with van der Waals surface area (Å²) in [6, 6.07) is 3.64. The quantitative estimate of drug-likeness (QED) is 0.389. The number of H-pyrrole nitrogens is 1. The third-order valence-corrected chi connectivity index (χ3v) is 0.995. The summed E-state index contributed by atoms with van der Waals surface area (Å²) in [6.07, 6.45) is 3.19. The third-order valence-electron chi connectivity index (χ3n) is 0.995. The Labute approximate surface area is 63.9 Å². The summed E-state index contributed by atoms with van der Waals surface area (Å²) in [7, 11) is 0. The first-order chi connectivity index (χ1) is 5.29. The highest BCUT2D eigenvalue weighted by Gasteiger charge is 1.87. The number of aromatic nitrogens is 1. The van der Waals surface area contributed by atoms with Crippen molar-refractivity contribution < 1.29 is 9.63 Å². The maximum absolute atomic E-state index is 10.2. The molecule has 0 aliphatic heterocycles. The van der Waals surface area contributed by atoms with Gasteiger partial charge >= 0.3 is 5.97 Å². The largest absolute Gasteiger partial charge is 0.360 e. The number of nitrogens with one attached hydrogen (secondary N) is 1. The highest BCUT2D eigenvalue weighted by Crippen LogP contribution is 1.89. The predicted octanol–water partition coefficient (Wildman–Crippen LogP) is 0.912. The first kappa shape index (κ1) is 7.53. The number of nitrogens with zero attached hydrogens (tertiary/aromatic N) is 1. The number of carbonyl (C=O) groups excluding carboxylic acids is 1. The number of hydrogen-bond donors (Lipinski definition) is 1. The van der Waals surface area contributed by atoms with Gasteiger partial charge in [-0.2, -0.15) is 0 Å². The van der Waals surface area contributed by atoms with Crippen molar-refractivity contribution in [2.24, 2.45) is 5.16 Å². The molecule has 0 aromatic carbocycles. The number of oxime groups is 1. The lowest BCUT2D eigenvalue weighted by molar-refractivity contribution is -0.140. The molecule has 0 radical (unpaired) electrons. The lowest BCUT2D eigenvalue weighted by Crippen LogP contribution is -1.91. The van der Waals surface area contributed by atoms with Crippen molar-refractivity contribution in [2.45, 2.75) is 6.92 Å². The van der Waals surface area contributed by atoms with E-state index < -0.39 is 5.97 Å². The van der Waals surface area contributed by atoms with Crippen molar-refractivity contribution >= 4 is 12.2 Å². The minimum Gasteiger partial charge on any atom is -0.360 e. The minimum absolute atomic E-state index is 0.423. The van der Waals surface area contributed by atoms with Gasteiger partial charge in [-0.1, -0.05) is 5.16 Å². The molecule has 1 heterocycles. The van der Waals surface area contributed by atoms with Gasteiger partial charge in [0.2, 0.25) is 0 Å². The Kier molecular flexibility index (Phi) is 2.43. The monoisotopic (exact) mass is 152 g/mol. The van der Waals surface area contributed by atoms with Gasteiger partial charge in [-0.25, -0.2) is 4.79 Å². The van der Waals surface area contributed by atoms with E-state index in [2.05, 4.69) is 15.0 Å². The first-order valence-corrected chi connectivity index (χ1v) is 3.13. The SMILES string of the molecule is CC(=O)O/N=C/c1ccc[nH]1. The number of aromatic amines is 1. The number of carbonyl (C=O) groups is 1. The molecule has 0 unspecified atom stereocenters. The van der Waals surface area contributed by atoms with E-state index in [9.17, 15) is 4.79 Å². The van der Waals surface area contributed by atoms with E-state index in [1.807, 2.05) is 12.1 Å². The molecule has 0 fully saturated rings. The van der Waals surface area contributed by atoms with E-state index in [4.69, 9.17) is 0 Å². The molecular formula is C7H8N2O2. The Bertz CT molecular complexity index is 251. The van der Waals surface area contributed by atoms with Gasteiger partial charge in [-0.05, 0) is 12.1 Å². The molecule has 0 aliphatic carbocycles. The summed E-state index contributed by atoms with van der Waals surface area (Å²) in [5.41, 5.74) is 0.797. The average molecular weight is 152 g/mol. The van der Waals surface area contributed by atoms with Crippen LogP contribution in [0.5, 0.6) is 0 Å². The van der Waals surface area contributed by atoms with Crippen LogP contribution in [0.2, 0.25) is 0 Å². The molecule has 0 spiro atoms. The van der Waals surface area contributed by atoms with Crippen LogP contribution >= 0.6 is 0 Å². The summed E-state index contributed by atoms with van der Waals surface area (Å²) < 4.78 is 0. The van der Waals surface area contributed by atoms with Gasteiger partial charge in [0.1, 0.15) is 0 Å². The fourth-order valence-electron chi connectivity index (χ4n) is 0.582. The normalized spacial score (nSPS) is 10.3. The van der Waals surface area contributed by atoms with Crippen LogP contribution in [0, 0.1) is 0 Å². The average Bonchev–Trinajstić information content (AvgIpc) is 2.39. The summed E-state index contributed by atoms with van der Waals surface area (Å²) in [5, 5.41) is 3.41. The molecule has 0 amide bonds.